The van der Waals surface area contributed by atoms with E-state index in [9.17, 15) is 0 Å². The standard InChI is InChI=1S/C18H29NO2/c1-16(2)10-17(3,4)12-18(19,11-16)14-9-13(20-5)7-8-15(14)21-6/h7-9H,10-12,19H2,1-6H3. The van der Waals surface area contributed by atoms with Crippen LogP contribution in [0.2, 0.25) is 0 Å². The summed E-state index contributed by atoms with van der Waals surface area (Å²) in [5.41, 5.74) is 8.00. The third-order valence-corrected chi connectivity index (χ3v) is 4.49. The summed E-state index contributed by atoms with van der Waals surface area (Å²) >= 11 is 0. The molecule has 0 spiro atoms. The van der Waals surface area contributed by atoms with E-state index in [1.54, 1.807) is 14.2 Å². The van der Waals surface area contributed by atoms with Gasteiger partial charge in [0.15, 0.2) is 0 Å². The molecule has 21 heavy (non-hydrogen) atoms. The van der Waals surface area contributed by atoms with Crippen molar-refractivity contribution in [1.82, 2.24) is 0 Å². The molecule has 0 aromatic heterocycles. The number of ether oxygens (including phenoxy) is 2. The summed E-state index contributed by atoms with van der Waals surface area (Å²) in [5.74, 6) is 1.68. The zero-order valence-electron chi connectivity index (χ0n) is 14.2. The summed E-state index contributed by atoms with van der Waals surface area (Å²) < 4.78 is 10.9. The average Bonchev–Trinajstić information content (AvgIpc) is 2.33. The van der Waals surface area contributed by atoms with Crippen LogP contribution in [0.4, 0.5) is 0 Å². The molecule has 0 bridgehead atoms. The molecule has 1 aliphatic carbocycles. The number of rotatable bonds is 3. The molecule has 0 atom stereocenters. The van der Waals surface area contributed by atoms with Gasteiger partial charge in [0.1, 0.15) is 11.5 Å². The van der Waals surface area contributed by atoms with Crippen molar-refractivity contribution in [2.45, 2.75) is 52.5 Å². The Hall–Kier alpha value is -1.22. The molecule has 1 fully saturated rings. The molecule has 1 saturated carbocycles. The van der Waals surface area contributed by atoms with Crippen molar-refractivity contribution in [3.63, 3.8) is 0 Å². The van der Waals surface area contributed by atoms with Gasteiger partial charge in [0.2, 0.25) is 0 Å². The first-order valence-corrected chi connectivity index (χ1v) is 7.62. The van der Waals surface area contributed by atoms with E-state index < -0.39 is 0 Å². The van der Waals surface area contributed by atoms with Crippen LogP contribution < -0.4 is 15.2 Å². The molecule has 2 N–H and O–H groups in total. The lowest BCUT2D eigenvalue weighted by Gasteiger charge is -2.51. The Bertz CT molecular complexity index is 504. The molecule has 0 saturated heterocycles. The Balaban J connectivity index is 2.52. The summed E-state index contributed by atoms with van der Waals surface area (Å²) in [7, 11) is 3.39. The quantitative estimate of drug-likeness (QED) is 0.912. The maximum absolute atomic E-state index is 6.90. The monoisotopic (exact) mass is 291 g/mol. The highest BCUT2D eigenvalue weighted by atomic mass is 16.5. The van der Waals surface area contributed by atoms with Gasteiger partial charge in [-0.05, 0) is 48.3 Å². The van der Waals surface area contributed by atoms with Gasteiger partial charge in [-0.1, -0.05) is 27.7 Å². The first-order chi connectivity index (χ1) is 9.61. The first-order valence-electron chi connectivity index (χ1n) is 7.62. The lowest BCUT2D eigenvalue weighted by atomic mass is 9.57. The third-order valence-electron chi connectivity index (χ3n) is 4.49. The van der Waals surface area contributed by atoms with Crippen molar-refractivity contribution < 1.29 is 9.47 Å². The van der Waals surface area contributed by atoms with Crippen molar-refractivity contribution in [3.05, 3.63) is 23.8 Å². The number of hydrogen-bond donors (Lipinski definition) is 1. The fraction of sp³-hybridized carbons (Fsp3) is 0.667. The second kappa shape index (κ2) is 5.20. The highest BCUT2D eigenvalue weighted by Crippen LogP contribution is 2.54. The predicted octanol–water partition coefficient (Wildman–Crippen LogP) is 4.09. The van der Waals surface area contributed by atoms with Crippen LogP contribution >= 0.6 is 0 Å². The van der Waals surface area contributed by atoms with Gasteiger partial charge in [-0.25, -0.2) is 0 Å². The molecule has 2 rings (SSSR count). The molecule has 1 aliphatic rings. The zero-order valence-corrected chi connectivity index (χ0v) is 14.2. The van der Waals surface area contributed by atoms with Crippen molar-refractivity contribution >= 4 is 0 Å². The smallest absolute Gasteiger partial charge is 0.124 e. The maximum Gasteiger partial charge on any atom is 0.124 e. The molecule has 0 unspecified atom stereocenters. The summed E-state index contributed by atoms with van der Waals surface area (Å²) in [6, 6.07) is 5.92. The van der Waals surface area contributed by atoms with Gasteiger partial charge in [-0.2, -0.15) is 0 Å². The van der Waals surface area contributed by atoms with Crippen LogP contribution in [0.25, 0.3) is 0 Å². The van der Waals surface area contributed by atoms with E-state index in [-0.39, 0.29) is 16.4 Å². The van der Waals surface area contributed by atoms with Crippen molar-refractivity contribution in [2.75, 3.05) is 14.2 Å². The lowest BCUT2D eigenvalue weighted by Crippen LogP contribution is -2.50. The topological polar surface area (TPSA) is 44.5 Å². The summed E-state index contributed by atoms with van der Waals surface area (Å²) in [5, 5.41) is 0. The zero-order chi connectivity index (χ0) is 15.9. The number of hydrogen-bond acceptors (Lipinski definition) is 3. The Morgan fingerprint density at radius 3 is 1.95 bits per heavy atom. The number of methoxy groups -OCH3 is 2. The maximum atomic E-state index is 6.90. The van der Waals surface area contributed by atoms with E-state index in [1.165, 1.54) is 6.42 Å². The molecule has 3 nitrogen and oxygen atoms in total. The van der Waals surface area contributed by atoms with Crippen molar-refractivity contribution in [3.8, 4) is 11.5 Å². The molecule has 118 valence electrons. The Morgan fingerprint density at radius 1 is 0.905 bits per heavy atom. The van der Waals surface area contributed by atoms with Crippen molar-refractivity contribution in [2.24, 2.45) is 16.6 Å². The van der Waals surface area contributed by atoms with Gasteiger partial charge in [-0.3, -0.25) is 0 Å². The van der Waals surface area contributed by atoms with Crippen molar-refractivity contribution in [1.29, 1.82) is 0 Å². The van der Waals surface area contributed by atoms with Gasteiger partial charge in [0.05, 0.1) is 14.2 Å². The largest absolute Gasteiger partial charge is 0.497 e. The molecule has 0 radical (unpaired) electrons. The van der Waals surface area contributed by atoms with E-state index in [0.29, 0.717) is 0 Å². The highest BCUT2D eigenvalue weighted by molar-refractivity contribution is 5.45. The fourth-order valence-electron chi connectivity index (χ4n) is 4.58. The predicted molar refractivity (Wildman–Crippen MR) is 86.8 cm³/mol. The van der Waals surface area contributed by atoms with Crippen LogP contribution in [-0.2, 0) is 5.54 Å². The molecule has 0 aliphatic heterocycles. The van der Waals surface area contributed by atoms with Gasteiger partial charge in [0.25, 0.3) is 0 Å². The molecular weight excluding hydrogens is 262 g/mol. The third kappa shape index (κ3) is 3.34. The molecular formula is C18H29NO2. The van der Waals surface area contributed by atoms with E-state index >= 15 is 0 Å². The van der Waals surface area contributed by atoms with Crippen LogP contribution in [0.1, 0.15) is 52.5 Å². The molecule has 0 heterocycles. The minimum atomic E-state index is -0.384. The molecule has 1 aromatic carbocycles. The number of nitrogens with two attached hydrogens (primary N) is 1. The Morgan fingerprint density at radius 2 is 1.48 bits per heavy atom. The second-order valence-electron chi connectivity index (χ2n) is 8.08. The van der Waals surface area contributed by atoms with E-state index in [4.69, 9.17) is 15.2 Å². The second-order valence-corrected chi connectivity index (χ2v) is 8.08. The average molecular weight is 291 g/mol. The lowest BCUT2D eigenvalue weighted by molar-refractivity contribution is 0.0458. The van der Waals surface area contributed by atoms with Crippen LogP contribution in [-0.4, -0.2) is 14.2 Å². The van der Waals surface area contributed by atoms with Crippen LogP contribution in [0.3, 0.4) is 0 Å². The molecule has 3 heteroatoms. The van der Waals surface area contributed by atoms with E-state index in [2.05, 4.69) is 27.7 Å². The molecule has 0 amide bonds. The van der Waals surface area contributed by atoms with E-state index in [1.807, 2.05) is 18.2 Å². The minimum Gasteiger partial charge on any atom is -0.497 e. The Labute approximate surface area is 128 Å². The first kappa shape index (κ1) is 16.2. The van der Waals surface area contributed by atoms with Gasteiger partial charge < -0.3 is 15.2 Å². The summed E-state index contributed by atoms with van der Waals surface area (Å²) in [6.45, 7) is 9.23. The van der Waals surface area contributed by atoms with Crippen LogP contribution in [0.15, 0.2) is 18.2 Å². The minimum absolute atomic E-state index is 0.213. The van der Waals surface area contributed by atoms with Gasteiger partial charge >= 0.3 is 0 Å². The highest BCUT2D eigenvalue weighted by Gasteiger charge is 2.47. The molecule has 1 aromatic rings. The summed E-state index contributed by atoms with van der Waals surface area (Å²) in [4.78, 5) is 0. The van der Waals surface area contributed by atoms with Crippen LogP contribution in [0.5, 0.6) is 11.5 Å². The Kier molecular flexibility index (Phi) is 4.00. The SMILES string of the molecule is COc1ccc(OC)c(C2(N)CC(C)(C)CC(C)(C)C2)c1. The number of benzene rings is 1. The van der Waals surface area contributed by atoms with Gasteiger partial charge in [0, 0.05) is 11.1 Å². The van der Waals surface area contributed by atoms with E-state index in [0.717, 1.165) is 29.9 Å². The van der Waals surface area contributed by atoms with Gasteiger partial charge in [-0.15, -0.1) is 0 Å². The fourth-order valence-corrected chi connectivity index (χ4v) is 4.58. The normalized spacial score (nSPS) is 22.6. The van der Waals surface area contributed by atoms with Crippen LogP contribution in [0, 0.1) is 10.8 Å². The summed E-state index contributed by atoms with van der Waals surface area (Å²) in [6.07, 6.45) is 3.09.